The van der Waals surface area contributed by atoms with Crippen LogP contribution < -0.4 is 21.9 Å². The molecule has 0 saturated carbocycles. The highest BCUT2D eigenvalue weighted by Crippen LogP contribution is 2.37. The van der Waals surface area contributed by atoms with E-state index in [1.807, 2.05) is 0 Å². The summed E-state index contributed by atoms with van der Waals surface area (Å²) in [6, 6.07) is -0.988. The molecule has 4 rings (SSSR count). The fourth-order valence-electron chi connectivity index (χ4n) is 5.53. The van der Waals surface area contributed by atoms with Gasteiger partial charge in [0.2, 0.25) is 0 Å². The summed E-state index contributed by atoms with van der Waals surface area (Å²) in [5.41, 5.74) is 15.2. The zero-order chi connectivity index (χ0) is 33.4. The van der Waals surface area contributed by atoms with Crippen molar-refractivity contribution in [3.8, 4) is 11.5 Å². The lowest BCUT2D eigenvalue weighted by molar-refractivity contribution is -0.354. The number of phenolic OH excluding ortho intramolecular Hbond substituents is 1. The third-order valence-corrected chi connectivity index (χ3v) is 8.30. The fourth-order valence-corrected chi connectivity index (χ4v) is 5.53. The number of Topliss-reactive ketones (excluding diaryl/α,β-unsaturated/α-hetero) is 1. The van der Waals surface area contributed by atoms with E-state index in [9.17, 15) is 50.8 Å². The maximum absolute atomic E-state index is 13.6. The van der Waals surface area contributed by atoms with E-state index in [0.717, 1.165) is 18.2 Å². The van der Waals surface area contributed by atoms with Crippen molar-refractivity contribution in [3.05, 3.63) is 23.8 Å². The molecule has 2 unspecified atom stereocenters. The standard InChI is InChI=1S/C26H41N3O16/c1-40-10-4-8(2-3-9(10)33)21(37)26(7-32)22(38)18(36)15(29)25(45-26)44-20-12(6-31)42-24(14(28)17(20)35)43-19-11(5-30)41-23(39)13(27)16(19)34/h2-4,11-20,22-25,30-36,38-39H,5-7,27-29H2,1H3/t11-,12-,13-,14-,15-,16-,17-,18-,19?,20?,22+,23-,24+,25+,26+/m1/s1. The molecule has 0 bridgehead atoms. The monoisotopic (exact) mass is 651 g/mol. The highest BCUT2D eigenvalue weighted by Gasteiger charge is 2.59. The first-order valence-electron chi connectivity index (χ1n) is 14.0. The van der Waals surface area contributed by atoms with Gasteiger partial charge in [-0.1, -0.05) is 0 Å². The zero-order valence-electron chi connectivity index (χ0n) is 24.1. The van der Waals surface area contributed by atoms with Crippen LogP contribution in [0.4, 0.5) is 0 Å². The van der Waals surface area contributed by atoms with Crippen molar-refractivity contribution >= 4 is 5.78 Å². The lowest BCUT2D eigenvalue weighted by Gasteiger charge is -2.50. The van der Waals surface area contributed by atoms with Crippen molar-refractivity contribution in [1.82, 2.24) is 0 Å². The predicted molar refractivity (Wildman–Crippen MR) is 145 cm³/mol. The van der Waals surface area contributed by atoms with Crippen molar-refractivity contribution in [2.24, 2.45) is 17.2 Å². The van der Waals surface area contributed by atoms with Gasteiger partial charge in [0.05, 0.1) is 45.1 Å². The topological polar surface area (TPSA) is 333 Å². The van der Waals surface area contributed by atoms with E-state index >= 15 is 0 Å². The lowest BCUT2D eigenvalue weighted by Crippen LogP contribution is -2.73. The molecule has 0 aromatic heterocycles. The molecule has 0 spiro atoms. The Hall–Kier alpha value is -2.15. The summed E-state index contributed by atoms with van der Waals surface area (Å²) in [7, 11) is 1.23. The van der Waals surface area contributed by atoms with E-state index in [2.05, 4.69) is 0 Å². The SMILES string of the molecule is COc1cc(C(=O)[C@]2(CO)O[C@H](OC3[C@@H](CO)O[C@@H](OC4[C@@H](CO)O[C@@H](O)[C@H](N)[C@H]4O)[C@H](N)[C@H]3O)[C@H](N)[C@@H](O)[C@@H]2O)ccc1O. The van der Waals surface area contributed by atoms with Crippen LogP contribution >= 0.6 is 0 Å². The van der Waals surface area contributed by atoms with Gasteiger partial charge in [-0.2, -0.15) is 0 Å². The molecule has 0 radical (unpaired) electrons. The normalized spacial score (nSPS) is 44.0. The molecular weight excluding hydrogens is 610 g/mol. The molecule has 19 nitrogen and oxygen atoms in total. The number of carbonyl (C=O) groups is 1. The largest absolute Gasteiger partial charge is 0.504 e. The van der Waals surface area contributed by atoms with E-state index in [4.69, 9.17) is 45.6 Å². The highest BCUT2D eigenvalue weighted by atomic mass is 16.7. The number of methoxy groups -OCH3 is 1. The number of nitrogens with two attached hydrogens (primary N) is 3. The Labute approximate surface area is 256 Å². The first-order valence-corrected chi connectivity index (χ1v) is 14.0. The second-order valence-corrected chi connectivity index (χ2v) is 11.1. The number of aliphatic hydroxyl groups excluding tert-OH is 8. The molecule has 3 heterocycles. The zero-order valence-corrected chi connectivity index (χ0v) is 24.1. The second-order valence-electron chi connectivity index (χ2n) is 11.1. The quantitative estimate of drug-likeness (QED) is 0.105. The Balaban J connectivity index is 1.56. The minimum atomic E-state index is -2.56. The Bertz CT molecular complexity index is 1160. The average Bonchev–Trinajstić information content (AvgIpc) is 3.04. The molecule has 0 amide bonds. The molecule has 3 fully saturated rings. The van der Waals surface area contributed by atoms with E-state index in [-0.39, 0.29) is 17.1 Å². The Kier molecular flexibility index (Phi) is 11.4. The van der Waals surface area contributed by atoms with Gasteiger partial charge in [-0.05, 0) is 18.2 Å². The van der Waals surface area contributed by atoms with E-state index in [0.29, 0.717) is 0 Å². The van der Waals surface area contributed by atoms with Crippen LogP contribution in [-0.2, 0) is 23.7 Å². The molecular formula is C26H41N3O16. The number of rotatable bonds is 10. The van der Waals surface area contributed by atoms with Gasteiger partial charge in [0.25, 0.3) is 0 Å². The molecule has 3 aliphatic rings. The van der Waals surface area contributed by atoms with Crippen molar-refractivity contribution in [2.45, 2.75) is 91.4 Å². The molecule has 1 aromatic carbocycles. The van der Waals surface area contributed by atoms with E-state index < -0.39 is 117 Å². The van der Waals surface area contributed by atoms with Gasteiger partial charge < -0.3 is 91.6 Å². The number of phenols is 1. The Morgan fingerprint density at radius 2 is 1.40 bits per heavy atom. The molecule has 15 N–H and O–H groups in total. The van der Waals surface area contributed by atoms with Crippen molar-refractivity contribution < 1.29 is 79.2 Å². The maximum Gasteiger partial charge on any atom is 0.200 e. The van der Waals surface area contributed by atoms with Gasteiger partial charge >= 0.3 is 0 Å². The first kappa shape index (κ1) is 35.7. The van der Waals surface area contributed by atoms with Crippen LogP contribution in [0.15, 0.2) is 18.2 Å². The minimum absolute atomic E-state index is 0.112. The van der Waals surface area contributed by atoms with Crippen LogP contribution in [0, 0.1) is 0 Å². The van der Waals surface area contributed by atoms with Crippen molar-refractivity contribution in [2.75, 3.05) is 26.9 Å². The van der Waals surface area contributed by atoms with Crippen LogP contribution in [0.2, 0.25) is 0 Å². The summed E-state index contributed by atoms with van der Waals surface area (Å²) < 4.78 is 33.1. The van der Waals surface area contributed by atoms with Gasteiger partial charge in [0.1, 0.15) is 48.8 Å². The predicted octanol–water partition coefficient (Wildman–Crippen LogP) is -6.71. The third-order valence-electron chi connectivity index (χ3n) is 8.30. The van der Waals surface area contributed by atoms with E-state index in [1.54, 1.807) is 0 Å². The molecule has 15 atom stereocenters. The molecule has 256 valence electrons. The van der Waals surface area contributed by atoms with Crippen LogP contribution in [0.1, 0.15) is 10.4 Å². The highest BCUT2D eigenvalue weighted by molar-refractivity contribution is 6.03. The number of hydrogen-bond acceptors (Lipinski definition) is 19. The summed E-state index contributed by atoms with van der Waals surface area (Å²) in [6.45, 7) is -2.72. The number of aromatic hydroxyl groups is 1. The molecule has 45 heavy (non-hydrogen) atoms. The first-order chi connectivity index (χ1) is 21.3. The number of ketones is 1. The fraction of sp³-hybridized carbons (Fsp3) is 0.731. The molecule has 1 aromatic rings. The maximum atomic E-state index is 13.6. The third kappa shape index (κ3) is 6.53. The number of carbonyl (C=O) groups excluding carboxylic acids is 1. The Morgan fingerprint density at radius 1 is 0.844 bits per heavy atom. The van der Waals surface area contributed by atoms with Crippen molar-refractivity contribution in [3.63, 3.8) is 0 Å². The minimum Gasteiger partial charge on any atom is -0.504 e. The summed E-state index contributed by atoms with van der Waals surface area (Å²) in [5, 5.41) is 93.2. The molecule has 19 heteroatoms. The lowest BCUT2D eigenvalue weighted by atomic mass is 9.80. The number of hydrogen-bond donors (Lipinski definition) is 12. The Morgan fingerprint density at radius 3 is 1.98 bits per heavy atom. The van der Waals surface area contributed by atoms with Crippen LogP contribution in [0.3, 0.4) is 0 Å². The number of aliphatic hydroxyl groups is 8. The second kappa shape index (κ2) is 14.3. The summed E-state index contributed by atoms with van der Waals surface area (Å²) >= 11 is 0. The van der Waals surface area contributed by atoms with Gasteiger partial charge in [-0.25, -0.2) is 0 Å². The van der Waals surface area contributed by atoms with Crippen molar-refractivity contribution in [1.29, 1.82) is 0 Å². The van der Waals surface area contributed by atoms with Gasteiger partial charge in [-0.3, -0.25) is 4.79 Å². The van der Waals surface area contributed by atoms with Crippen LogP contribution in [-0.4, -0.2) is 170 Å². The number of benzene rings is 1. The van der Waals surface area contributed by atoms with Gasteiger partial charge in [0.15, 0.2) is 41.8 Å². The smallest absolute Gasteiger partial charge is 0.200 e. The van der Waals surface area contributed by atoms with Crippen LogP contribution in [0.25, 0.3) is 0 Å². The number of ether oxygens (including phenoxy) is 6. The van der Waals surface area contributed by atoms with E-state index in [1.165, 1.54) is 7.11 Å². The van der Waals surface area contributed by atoms with Gasteiger partial charge in [0, 0.05) is 5.56 Å². The molecule has 3 aliphatic heterocycles. The summed E-state index contributed by atoms with van der Waals surface area (Å²) in [5.74, 6) is -1.47. The summed E-state index contributed by atoms with van der Waals surface area (Å²) in [4.78, 5) is 13.6. The van der Waals surface area contributed by atoms with Gasteiger partial charge in [-0.15, -0.1) is 0 Å². The molecule has 0 aliphatic carbocycles. The summed E-state index contributed by atoms with van der Waals surface area (Å²) in [6.07, 6.45) is -18.0. The average molecular weight is 652 g/mol. The van der Waals surface area contributed by atoms with Crippen LogP contribution in [0.5, 0.6) is 11.5 Å². The molecule has 3 saturated heterocycles.